The number of hydrogen-bond donors (Lipinski definition) is 1. The van der Waals surface area contributed by atoms with Gasteiger partial charge in [0.15, 0.2) is 0 Å². The van der Waals surface area contributed by atoms with Gasteiger partial charge in [-0.2, -0.15) is 0 Å². The molecule has 0 fully saturated rings. The maximum Gasteiger partial charge on any atom is 0.0853 e. The number of hydrogen-bond acceptors (Lipinski definition) is 2. The van der Waals surface area contributed by atoms with Crippen molar-refractivity contribution in [2.75, 3.05) is 21.1 Å². The highest BCUT2D eigenvalue weighted by molar-refractivity contribution is 5.26. The molecule has 0 aliphatic carbocycles. The van der Waals surface area contributed by atoms with Gasteiger partial charge in [-0.25, -0.2) is 0 Å². The Balaban J connectivity index is 2.85. The van der Waals surface area contributed by atoms with E-state index >= 15 is 0 Å². The molecule has 16 heavy (non-hydrogen) atoms. The van der Waals surface area contributed by atoms with Gasteiger partial charge in [-0.3, -0.25) is 4.90 Å². The topological polar surface area (TPSA) is 15.3 Å². The number of nitrogens with one attached hydrogen (secondary N) is 1. The van der Waals surface area contributed by atoms with E-state index in [0.29, 0.717) is 12.1 Å². The van der Waals surface area contributed by atoms with E-state index in [0.717, 1.165) is 0 Å². The van der Waals surface area contributed by atoms with E-state index < -0.39 is 0 Å². The van der Waals surface area contributed by atoms with Gasteiger partial charge in [-0.05, 0) is 44.6 Å². The minimum Gasteiger partial charge on any atom is -0.301 e. The van der Waals surface area contributed by atoms with Crippen molar-refractivity contribution in [2.45, 2.75) is 32.4 Å². The number of nitrogens with zero attached hydrogens (tertiary/aromatic N) is 1. The Hall–Kier alpha value is -0.860. The molecule has 1 N–H and O–H groups in total. The molecule has 1 rings (SSSR count). The van der Waals surface area contributed by atoms with Gasteiger partial charge >= 0.3 is 0 Å². The Morgan fingerprint density at radius 1 is 1.12 bits per heavy atom. The fourth-order valence-corrected chi connectivity index (χ4v) is 1.97. The second-order valence-electron chi connectivity index (χ2n) is 4.63. The summed E-state index contributed by atoms with van der Waals surface area (Å²) in [5.41, 5.74) is 2.75. The molecule has 0 aliphatic heterocycles. The fourth-order valence-electron chi connectivity index (χ4n) is 1.97. The predicted octanol–water partition coefficient (Wildman–Crippen LogP) is 2.98. The lowest BCUT2D eigenvalue weighted by molar-refractivity contribution is 0.264. The van der Waals surface area contributed by atoms with Crippen LogP contribution in [0.1, 0.15) is 43.5 Å². The van der Waals surface area contributed by atoms with Crippen LogP contribution in [0, 0.1) is 0 Å². The molecule has 0 aliphatic rings. The third-order valence-electron chi connectivity index (χ3n) is 3.22. The fraction of sp³-hybridized carbons (Fsp3) is 0.571. The molecule has 0 saturated heterocycles. The number of rotatable bonds is 5. The lowest BCUT2D eigenvalue weighted by atomic mass is 9.97. The van der Waals surface area contributed by atoms with E-state index in [1.807, 2.05) is 7.05 Å². The van der Waals surface area contributed by atoms with Gasteiger partial charge < -0.3 is 5.32 Å². The van der Waals surface area contributed by atoms with Gasteiger partial charge in [0.05, 0.1) is 6.17 Å². The van der Waals surface area contributed by atoms with Gasteiger partial charge in [-0.1, -0.05) is 38.1 Å². The standard InChI is InChI=1S/C14H24N2/c1-6-11(2)12-7-9-13(10-8-12)14(15-3)16(4)5/h7-11,14-15H,6H2,1-5H3. The molecule has 0 bridgehead atoms. The predicted molar refractivity (Wildman–Crippen MR) is 70.6 cm³/mol. The third-order valence-corrected chi connectivity index (χ3v) is 3.22. The van der Waals surface area contributed by atoms with E-state index in [2.05, 4.69) is 62.4 Å². The quantitative estimate of drug-likeness (QED) is 0.767. The molecule has 90 valence electrons. The van der Waals surface area contributed by atoms with Crippen LogP contribution in [0.3, 0.4) is 0 Å². The van der Waals surface area contributed by atoms with Gasteiger partial charge in [0, 0.05) is 0 Å². The molecule has 1 aromatic carbocycles. The van der Waals surface area contributed by atoms with Crippen LogP contribution in [0.15, 0.2) is 24.3 Å². The SMILES string of the molecule is CCC(C)c1ccc(C(NC)N(C)C)cc1. The molecule has 2 unspecified atom stereocenters. The Bertz CT molecular complexity index is 303. The van der Waals surface area contributed by atoms with Crippen molar-refractivity contribution >= 4 is 0 Å². The minimum absolute atomic E-state index is 0.297. The van der Waals surface area contributed by atoms with E-state index in [1.165, 1.54) is 17.5 Å². The summed E-state index contributed by atoms with van der Waals surface area (Å²) in [5.74, 6) is 0.654. The van der Waals surface area contributed by atoms with E-state index in [1.54, 1.807) is 0 Å². The number of benzene rings is 1. The second kappa shape index (κ2) is 6.02. The highest BCUT2D eigenvalue weighted by Crippen LogP contribution is 2.21. The summed E-state index contributed by atoms with van der Waals surface area (Å²) in [6.07, 6.45) is 1.49. The molecule has 2 atom stereocenters. The zero-order valence-electron chi connectivity index (χ0n) is 11.1. The van der Waals surface area contributed by atoms with Crippen LogP contribution >= 0.6 is 0 Å². The highest BCUT2D eigenvalue weighted by atomic mass is 15.2. The third kappa shape index (κ3) is 3.06. The molecule has 2 heteroatoms. The molecular weight excluding hydrogens is 196 g/mol. The van der Waals surface area contributed by atoms with Crippen LogP contribution < -0.4 is 5.32 Å². The zero-order chi connectivity index (χ0) is 12.1. The Labute approximate surface area is 99.7 Å². The molecule has 0 amide bonds. The summed E-state index contributed by atoms with van der Waals surface area (Å²) in [6, 6.07) is 8.94. The molecular formula is C14H24N2. The normalized spacial score (nSPS) is 15.1. The smallest absolute Gasteiger partial charge is 0.0853 e. The van der Waals surface area contributed by atoms with Crippen LogP contribution in [-0.2, 0) is 0 Å². The molecule has 2 nitrogen and oxygen atoms in total. The molecule has 1 aromatic rings. The van der Waals surface area contributed by atoms with Crippen molar-refractivity contribution < 1.29 is 0 Å². The average Bonchev–Trinajstić information content (AvgIpc) is 2.29. The van der Waals surface area contributed by atoms with Crippen molar-refractivity contribution in [1.29, 1.82) is 0 Å². The van der Waals surface area contributed by atoms with Gasteiger partial charge in [0.25, 0.3) is 0 Å². The van der Waals surface area contributed by atoms with E-state index in [-0.39, 0.29) is 0 Å². The first-order chi connectivity index (χ1) is 7.60. The van der Waals surface area contributed by atoms with Crippen LogP contribution in [0.5, 0.6) is 0 Å². The summed E-state index contributed by atoms with van der Waals surface area (Å²) >= 11 is 0. The largest absolute Gasteiger partial charge is 0.301 e. The Kier molecular flexibility index (Phi) is 4.97. The Morgan fingerprint density at radius 2 is 1.62 bits per heavy atom. The van der Waals surface area contributed by atoms with Crippen molar-refractivity contribution in [1.82, 2.24) is 10.2 Å². The van der Waals surface area contributed by atoms with Gasteiger partial charge in [0.2, 0.25) is 0 Å². The van der Waals surface area contributed by atoms with Gasteiger partial charge in [-0.15, -0.1) is 0 Å². The summed E-state index contributed by atoms with van der Waals surface area (Å²) in [5, 5.41) is 3.31. The van der Waals surface area contributed by atoms with Crippen LogP contribution in [0.4, 0.5) is 0 Å². The Morgan fingerprint density at radius 3 is 2.00 bits per heavy atom. The molecule has 0 radical (unpaired) electrons. The van der Waals surface area contributed by atoms with Gasteiger partial charge in [0.1, 0.15) is 0 Å². The molecule has 0 spiro atoms. The van der Waals surface area contributed by atoms with Crippen molar-refractivity contribution in [3.05, 3.63) is 35.4 Å². The second-order valence-corrected chi connectivity index (χ2v) is 4.63. The summed E-state index contributed by atoms with van der Waals surface area (Å²) in [7, 11) is 6.17. The summed E-state index contributed by atoms with van der Waals surface area (Å²) in [4.78, 5) is 2.18. The molecule has 0 heterocycles. The van der Waals surface area contributed by atoms with E-state index in [4.69, 9.17) is 0 Å². The zero-order valence-corrected chi connectivity index (χ0v) is 11.1. The first-order valence-corrected chi connectivity index (χ1v) is 6.03. The summed E-state index contributed by atoms with van der Waals surface area (Å²) < 4.78 is 0. The van der Waals surface area contributed by atoms with Crippen molar-refractivity contribution in [2.24, 2.45) is 0 Å². The molecule has 0 saturated carbocycles. The maximum atomic E-state index is 3.31. The lowest BCUT2D eigenvalue weighted by Crippen LogP contribution is -2.30. The highest BCUT2D eigenvalue weighted by Gasteiger charge is 2.11. The van der Waals surface area contributed by atoms with Crippen LogP contribution in [0.2, 0.25) is 0 Å². The van der Waals surface area contributed by atoms with E-state index in [9.17, 15) is 0 Å². The van der Waals surface area contributed by atoms with Crippen molar-refractivity contribution in [3.63, 3.8) is 0 Å². The monoisotopic (exact) mass is 220 g/mol. The lowest BCUT2D eigenvalue weighted by Gasteiger charge is -2.24. The summed E-state index contributed by atoms with van der Waals surface area (Å²) in [6.45, 7) is 4.51. The average molecular weight is 220 g/mol. The minimum atomic E-state index is 0.297. The van der Waals surface area contributed by atoms with Crippen molar-refractivity contribution in [3.8, 4) is 0 Å². The van der Waals surface area contributed by atoms with Crippen LogP contribution in [0.25, 0.3) is 0 Å². The first kappa shape index (κ1) is 13.2. The molecule has 0 aromatic heterocycles. The maximum absolute atomic E-state index is 3.31. The van der Waals surface area contributed by atoms with Crippen LogP contribution in [-0.4, -0.2) is 26.0 Å². The first-order valence-electron chi connectivity index (χ1n) is 6.03.